The van der Waals surface area contributed by atoms with Crippen LogP contribution < -0.4 is 5.32 Å². The van der Waals surface area contributed by atoms with Crippen molar-refractivity contribution in [1.29, 1.82) is 0 Å². The Bertz CT molecular complexity index is 1240. The number of aromatic nitrogens is 4. The highest BCUT2D eigenvalue weighted by Crippen LogP contribution is 2.35. The topological polar surface area (TPSA) is 96.1 Å². The van der Waals surface area contributed by atoms with Crippen LogP contribution in [-0.4, -0.2) is 47.5 Å². The fraction of sp³-hybridized carbons (Fsp3) is 0.593. The summed E-state index contributed by atoms with van der Waals surface area (Å²) in [6.07, 6.45) is 7.28. The lowest BCUT2D eigenvalue weighted by atomic mass is 9.77. The molecule has 2 aliphatic rings. The van der Waals surface area contributed by atoms with Gasteiger partial charge in [-0.15, -0.1) is 0 Å². The molecule has 0 aliphatic heterocycles. The zero-order valence-electron chi connectivity index (χ0n) is 21.2. The van der Waals surface area contributed by atoms with Crippen molar-refractivity contribution >= 4 is 17.1 Å². The lowest BCUT2D eigenvalue weighted by Gasteiger charge is -2.36. The zero-order chi connectivity index (χ0) is 26.3. The standard InChI is InChI=1S/C27H34F3N5O2/c1-27(2,37)15-3-5-17(6-4-15)32-26-31-14-23-25(34-26)35(18-7-9-19(36)10-8-18)24(33-23)13-20-21(29)11-16(28)12-22(20)30/h11-12,14-15,17-19,36-37H,3-10,13H2,1-2H3,(H,31,32,34). The van der Waals surface area contributed by atoms with Crippen molar-refractivity contribution in [3.05, 3.63) is 47.2 Å². The molecule has 3 N–H and O–H groups in total. The third-order valence-corrected chi connectivity index (χ3v) is 8.04. The highest BCUT2D eigenvalue weighted by molar-refractivity contribution is 5.72. The first-order valence-corrected chi connectivity index (χ1v) is 13.1. The minimum absolute atomic E-state index is 0.0417. The maximum atomic E-state index is 14.5. The highest BCUT2D eigenvalue weighted by atomic mass is 19.1. The first kappa shape index (κ1) is 25.9. The van der Waals surface area contributed by atoms with Crippen LogP contribution in [0.15, 0.2) is 18.3 Å². The number of anilines is 1. The van der Waals surface area contributed by atoms with Crippen LogP contribution in [0.4, 0.5) is 19.1 Å². The predicted octanol–water partition coefficient (Wildman–Crippen LogP) is 5.05. The van der Waals surface area contributed by atoms with Gasteiger partial charge < -0.3 is 20.1 Å². The summed E-state index contributed by atoms with van der Waals surface area (Å²) in [6, 6.07) is 1.49. The van der Waals surface area contributed by atoms with Crippen LogP contribution >= 0.6 is 0 Å². The SMILES string of the molecule is CC(C)(O)C1CCC(Nc2ncc3nc(Cc4c(F)cc(F)cc4F)n(C4CCC(O)CC4)c3n2)CC1. The largest absolute Gasteiger partial charge is 0.393 e. The van der Waals surface area contributed by atoms with Gasteiger partial charge >= 0.3 is 0 Å². The van der Waals surface area contributed by atoms with E-state index in [2.05, 4.69) is 15.3 Å². The minimum Gasteiger partial charge on any atom is -0.393 e. The summed E-state index contributed by atoms with van der Waals surface area (Å²) in [5, 5.41) is 23.8. The van der Waals surface area contributed by atoms with Crippen LogP contribution in [0.1, 0.15) is 82.6 Å². The molecule has 37 heavy (non-hydrogen) atoms. The molecule has 0 atom stereocenters. The Balaban J connectivity index is 1.45. The van der Waals surface area contributed by atoms with E-state index in [0.717, 1.165) is 25.7 Å². The van der Waals surface area contributed by atoms with Crippen molar-refractivity contribution in [1.82, 2.24) is 19.5 Å². The van der Waals surface area contributed by atoms with Gasteiger partial charge in [0.15, 0.2) is 5.65 Å². The third kappa shape index (κ3) is 5.60. The summed E-state index contributed by atoms with van der Waals surface area (Å²) in [6.45, 7) is 3.71. The summed E-state index contributed by atoms with van der Waals surface area (Å²) in [4.78, 5) is 13.8. The van der Waals surface area contributed by atoms with Crippen LogP contribution in [0.25, 0.3) is 11.2 Å². The number of imidazole rings is 1. The Morgan fingerprint density at radius 3 is 2.24 bits per heavy atom. The molecule has 1 aromatic carbocycles. The fourth-order valence-corrected chi connectivity index (χ4v) is 5.86. The molecule has 200 valence electrons. The average molecular weight is 518 g/mol. The van der Waals surface area contributed by atoms with Crippen LogP contribution in [0.5, 0.6) is 0 Å². The number of fused-ring (bicyclic) bond motifs is 1. The Morgan fingerprint density at radius 1 is 0.973 bits per heavy atom. The summed E-state index contributed by atoms with van der Waals surface area (Å²) in [5.74, 6) is -1.73. The Morgan fingerprint density at radius 2 is 1.62 bits per heavy atom. The Kier molecular flexibility index (Phi) is 7.15. The third-order valence-electron chi connectivity index (χ3n) is 8.04. The molecule has 0 spiro atoms. The van der Waals surface area contributed by atoms with E-state index in [-0.39, 0.29) is 36.1 Å². The molecule has 2 aromatic heterocycles. The molecule has 2 heterocycles. The number of hydrogen-bond acceptors (Lipinski definition) is 6. The van der Waals surface area contributed by atoms with E-state index < -0.39 is 23.1 Å². The van der Waals surface area contributed by atoms with Crippen LogP contribution in [-0.2, 0) is 6.42 Å². The second-order valence-electron chi connectivity index (χ2n) is 11.1. The molecule has 7 nitrogen and oxygen atoms in total. The second-order valence-corrected chi connectivity index (χ2v) is 11.1. The number of benzene rings is 1. The number of hydrogen-bond donors (Lipinski definition) is 3. The van der Waals surface area contributed by atoms with Crippen LogP contribution in [0.2, 0.25) is 0 Å². The van der Waals surface area contributed by atoms with E-state index in [1.165, 1.54) is 0 Å². The van der Waals surface area contributed by atoms with Crippen molar-refractivity contribution in [2.45, 2.75) is 95.4 Å². The molecule has 2 fully saturated rings. The van der Waals surface area contributed by atoms with Gasteiger partial charge in [0.25, 0.3) is 0 Å². The van der Waals surface area contributed by atoms with Crippen molar-refractivity contribution in [2.75, 3.05) is 5.32 Å². The zero-order valence-corrected chi connectivity index (χ0v) is 21.2. The van der Waals surface area contributed by atoms with Gasteiger partial charge in [-0.25, -0.2) is 23.1 Å². The Labute approximate surface area is 214 Å². The number of aliphatic hydroxyl groups is 2. The molecule has 2 aliphatic carbocycles. The van der Waals surface area contributed by atoms with Gasteiger partial charge in [-0.1, -0.05) is 0 Å². The number of halogens is 3. The van der Waals surface area contributed by atoms with E-state index in [1.54, 1.807) is 6.20 Å². The van der Waals surface area contributed by atoms with Gasteiger partial charge in [-0.2, -0.15) is 4.98 Å². The van der Waals surface area contributed by atoms with Gasteiger partial charge in [0.2, 0.25) is 5.95 Å². The van der Waals surface area contributed by atoms with Gasteiger partial charge in [-0.05, 0) is 71.1 Å². The van der Waals surface area contributed by atoms with Gasteiger partial charge in [0.1, 0.15) is 28.8 Å². The number of rotatable bonds is 6. The molecule has 0 amide bonds. The molecule has 0 saturated heterocycles. The van der Waals surface area contributed by atoms with Crippen molar-refractivity contribution in [2.24, 2.45) is 5.92 Å². The summed E-state index contributed by atoms with van der Waals surface area (Å²) < 4.78 is 44.4. The van der Waals surface area contributed by atoms with Gasteiger partial charge in [-0.3, -0.25) is 0 Å². The lowest BCUT2D eigenvalue weighted by molar-refractivity contribution is -0.000416. The highest BCUT2D eigenvalue weighted by Gasteiger charge is 2.32. The average Bonchev–Trinajstić information content (AvgIpc) is 3.19. The van der Waals surface area contributed by atoms with E-state index in [4.69, 9.17) is 4.98 Å². The van der Waals surface area contributed by atoms with Gasteiger partial charge in [0, 0.05) is 36.2 Å². The predicted molar refractivity (Wildman–Crippen MR) is 134 cm³/mol. The first-order chi connectivity index (χ1) is 17.6. The fourth-order valence-electron chi connectivity index (χ4n) is 5.86. The quantitative estimate of drug-likeness (QED) is 0.424. The van der Waals surface area contributed by atoms with E-state index in [9.17, 15) is 23.4 Å². The summed E-state index contributed by atoms with van der Waals surface area (Å²) >= 11 is 0. The van der Waals surface area contributed by atoms with E-state index in [1.807, 2.05) is 18.4 Å². The summed E-state index contributed by atoms with van der Waals surface area (Å²) in [5.41, 5.74) is 0.145. The summed E-state index contributed by atoms with van der Waals surface area (Å²) in [7, 11) is 0. The maximum absolute atomic E-state index is 14.5. The second kappa shape index (κ2) is 10.2. The molecule has 0 unspecified atom stereocenters. The molecule has 0 radical (unpaired) electrons. The van der Waals surface area contributed by atoms with Crippen LogP contribution in [0.3, 0.4) is 0 Å². The van der Waals surface area contributed by atoms with E-state index in [0.29, 0.717) is 60.8 Å². The monoisotopic (exact) mass is 517 g/mol. The van der Waals surface area contributed by atoms with Crippen molar-refractivity contribution in [3.8, 4) is 0 Å². The number of nitrogens with one attached hydrogen (secondary N) is 1. The molecule has 0 bridgehead atoms. The first-order valence-electron chi connectivity index (χ1n) is 13.1. The number of nitrogens with zero attached hydrogens (tertiary/aromatic N) is 4. The molecule has 2 saturated carbocycles. The van der Waals surface area contributed by atoms with Crippen molar-refractivity contribution < 1.29 is 23.4 Å². The minimum atomic E-state index is -0.966. The van der Waals surface area contributed by atoms with Crippen LogP contribution in [0, 0.1) is 23.4 Å². The normalized spacial score (nSPS) is 24.9. The molecule has 5 rings (SSSR count). The van der Waals surface area contributed by atoms with E-state index >= 15 is 0 Å². The lowest BCUT2D eigenvalue weighted by Crippen LogP contribution is -2.37. The van der Waals surface area contributed by atoms with Crippen molar-refractivity contribution in [3.63, 3.8) is 0 Å². The number of aliphatic hydroxyl groups excluding tert-OH is 1. The van der Waals surface area contributed by atoms with Gasteiger partial charge in [0.05, 0.1) is 17.9 Å². The molecule has 3 aromatic rings. The maximum Gasteiger partial charge on any atom is 0.224 e. The molecular formula is C27H34F3N5O2. The Hall–Kier alpha value is -2.72. The smallest absolute Gasteiger partial charge is 0.224 e. The molecule has 10 heteroatoms. The molecular weight excluding hydrogens is 483 g/mol.